The molecule has 6 heteroatoms. The van der Waals surface area contributed by atoms with Crippen LogP contribution in [0, 0.1) is 16.7 Å². The van der Waals surface area contributed by atoms with E-state index in [0.29, 0.717) is 12.2 Å². The second-order valence-corrected chi connectivity index (χ2v) is 7.15. The molecule has 0 radical (unpaired) electrons. The van der Waals surface area contributed by atoms with Crippen molar-refractivity contribution < 1.29 is 9.84 Å². The fourth-order valence-corrected chi connectivity index (χ4v) is 3.81. The molecular formula is C18H26N4O2. The average Bonchev–Trinajstić information content (AvgIpc) is 2.61. The molecule has 3 rings (SSSR count). The maximum absolute atomic E-state index is 10.4. The Labute approximate surface area is 143 Å². The minimum Gasteiger partial charge on any atom is -0.392 e. The van der Waals surface area contributed by atoms with Gasteiger partial charge in [0.1, 0.15) is 5.82 Å². The number of aromatic nitrogens is 1. The first-order valence-corrected chi connectivity index (χ1v) is 8.61. The Hall–Kier alpha value is -1.68. The van der Waals surface area contributed by atoms with Crippen molar-refractivity contribution in [1.82, 2.24) is 9.88 Å². The lowest BCUT2D eigenvalue weighted by molar-refractivity contribution is -0.202. The van der Waals surface area contributed by atoms with E-state index in [-0.39, 0.29) is 17.6 Å². The second-order valence-electron chi connectivity index (χ2n) is 7.15. The Morgan fingerprint density at radius 1 is 1.46 bits per heavy atom. The molecule has 2 atom stereocenters. The van der Waals surface area contributed by atoms with Crippen LogP contribution in [0.5, 0.6) is 0 Å². The van der Waals surface area contributed by atoms with Crippen molar-refractivity contribution in [1.29, 1.82) is 5.26 Å². The van der Waals surface area contributed by atoms with Crippen LogP contribution in [-0.4, -0.2) is 67.5 Å². The molecule has 0 bridgehead atoms. The molecule has 24 heavy (non-hydrogen) atoms. The van der Waals surface area contributed by atoms with Gasteiger partial charge in [0.2, 0.25) is 0 Å². The van der Waals surface area contributed by atoms with Gasteiger partial charge in [0.15, 0.2) is 0 Å². The molecule has 1 aliphatic carbocycles. The van der Waals surface area contributed by atoms with Crippen molar-refractivity contribution in [3.8, 4) is 6.07 Å². The van der Waals surface area contributed by atoms with Crippen molar-refractivity contribution >= 4 is 5.82 Å². The van der Waals surface area contributed by atoms with Crippen molar-refractivity contribution in [3.63, 3.8) is 0 Å². The number of aliphatic hydroxyl groups excluding tert-OH is 1. The SMILES string of the molecule is CN(C)CCO[C@H]1C[C@@H](O)C12CCN(c1cc(C#N)ccn1)CC2. The van der Waals surface area contributed by atoms with Crippen LogP contribution < -0.4 is 4.90 Å². The minimum atomic E-state index is -0.262. The van der Waals surface area contributed by atoms with Gasteiger partial charge < -0.3 is 19.6 Å². The van der Waals surface area contributed by atoms with Crippen LogP contribution in [0.3, 0.4) is 0 Å². The lowest BCUT2D eigenvalue weighted by Gasteiger charge is -2.56. The molecule has 1 aromatic heterocycles. The van der Waals surface area contributed by atoms with E-state index in [2.05, 4.69) is 20.9 Å². The number of hydrogen-bond acceptors (Lipinski definition) is 6. The molecular weight excluding hydrogens is 304 g/mol. The third kappa shape index (κ3) is 3.25. The van der Waals surface area contributed by atoms with E-state index in [0.717, 1.165) is 44.7 Å². The van der Waals surface area contributed by atoms with Gasteiger partial charge in [-0.2, -0.15) is 5.26 Å². The van der Waals surface area contributed by atoms with E-state index >= 15 is 0 Å². The number of nitriles is 1. The van der Waals surface area contributed by atoms with Crippen LogP contribution in [0.4, 0.5) is 5.82 Å². The molecule has 1 aromatic rings. The number of anilines is 1. The number of aliphatic hydroxyl groups is 1. The van der Waals surface area contributed by atoms with Gasteiger partial charge in [-0.3, -0.25) is 0 Å². The quantitative estimate of drug-likeness (QED) is 0.876. The van der Waals surface area contributed by atoms with Crippen molar-refractivity contribution in [2.75, 3.05) is 45.2 Å². The summed E-state index contributed by atoms with van der Waals surface area (Å²) < 4.78 is 6.05. The Balaban J connectivity index is 1.59. The summed E-state index contributed by atoms with van der Waals surface area (Å²) in [5.41, 5.74) is 0.532. The van der Waals surface area contributed by atoms with Gasteiger partial charge in [0.25, 0.3) is 0 Å². The maximum atomic E-state index is 10.4. The van der Waals surface area contributed by atoms with Crippen LogP contribution in [-0.2, 0) is 4.74 Å². The standard InChI is InChI=1S/C18H26N4O2/c1-21(2)9-10-24-16-12-15(23)18(16)4-7-22(8-5-18)17-11-14(13-19)3-6-20-17/h3,6,11,15-16,23H,4-5,7-10,12H2,1-2H3/t15-,16+/m1/s1. The van der Waals surface area contributed by atoms with Crippen LogP contribution >= 0.6 is 0 Å². The monoisotopic (exact) mass is 330 g/mol. The summed E-state index contributed by atoms with van der Waals surface area (Å²) in [6.45, 7) is 3.29. The van der Waals surface area contributed by atoms with Gasteiger partial charge in [-0.05, 0) is 39.1 Å². The van der Waals surface area contributed by atoms with Crippen LogP contribution in [0.1, 0.15) is 24.8 Å². The van der Waals surface area contributed by atoms with Gasteiger partial charge in [-0.1, -0.05) is 0 Å². The number of pyridine rings is 1. The van der Waals surface area contributed by atoms with E-state index in [4.69, 9.17) is 10.00 Å². The number of ether oxygens (including phenoxy) is 1. The van der Waals surface area contributed by atoms with Crippen molar-refractivity contribution in [2.24, 2.45) is 5.41 Å². The molecule has 1 saturated heterocycles. The Kier molecular flexibility index (Phi) is 5.04. The second kappa shape index (κ2) is 7.06. The number of hydrogen-bond donors (Lipinski definition) is 1. The van der Waals surface area contributed by atoms with E-state index in [1.54, 1.807) is 12.3 Å². The lowest BCUT2D eigenvalue weighted by atomic mass is 9.58. The third-order valence-electron chi connectivity index (χ3n) is 5.49. The molecule has 1 aliphatic heterocycles. The first kappa shape index (κ1) is 17.2. The summed E-state index contributed by atoms with van der Waals surface area (Å²) in [4.78, 5) is 8.70. The molecule has 1 spiro atoms. The Bertz CT molecular complexity index is 605. The molecule has 0 aromatic carbocycles. The normalized spacial score (nSPS) is 25.5. The number of rotatable bonds is 5. The van der Waals surface area contributed by atoms with E-state index < -0.39 is 0 Å². The summed E-state index contributed by atoms with van der Waals surface area (Å²) in [5.74, 6) is 0.850. The number of nitrogens with zero attached hydrogens (tertiary/aromatic N) is 4. The Morgan fingerprint density at radius 2 is 2.21 bits per heavy atom. The van der Waals surface area contributed by atoms with Gasteiger partial charge in [0, 0.05) is 37.7 Å². The molecule has 0 unspecified atom stereocenters. The zero-order valence-electron chi connectivity index (χ0n) is 14.5. The molecule has 2 heterocycles. The highest BCUT2D eigenvalue weighted by Gasteiger charge is 2.56. The Morgan fingerprint density at radius 3 is 2.83 bits per heavy atom. The van der Waals surface area contributed by atoms with Gasteiger partial charge in [-0.15, -0.1) is 0 Å². The molecule has 0 amide bonds. The zero-order valence-corrected chi connectivity index (χ0v) is 14.5. The number of piperidine rings is 1. The van der Waals surface area contributed by atoms with Gasteiger partial charge in [-0.25, -0.2) is 4.98 Å². The highest BCUT2D eigenvalue weighted by Crippen LogP contribution is 2.51. The van der Waals surface area contributed by atoms with Crippen LogP contribution in [0.25, 0.3) is 0 Å². The summed E-state index contributed by atoms with van der Waals surface area (Å²) >= 11 is 0. The highest BCUT2D eigenvalue weighted by molar-refractivity contribution is 5.45. The number of likely N-dealkylation sites (N-methyl/N-ethyl adjacent to an activating group) is 1. The largest absolute Gasteiger partial charge is 0.392 e. The van der Waals surface area contributed by atoms with Crippen LogP contribution in [0.2, 0.25) is 0 Å². The molecule has 6 nitrogen and oxygen atoms in total. The predicted octanol–water partition coefficient (Wildman–Crippen LogP) is 1.25. The summed E-state index contributed by atoms with van der Waals surface area (Å²) in [5, 5.41) is 19.4. The zero-order chi connectivity index (χ0) is 17.2. The average molecular weight is 330 g/mol. The predicted molar refractivity (Wildman–Crippen MR) is 91.7 cm³/mol. The summed E-state index contributed by atoms with van der Waals surface area (Å²) in [6, 6.07) is 5.72. The first-order chi connectivity index (χ1) is 11.5. The van der Waals surface area contributed by atoms with E-state index in [9.17, 15) is 5.11 Å². The molecule has 2 fully saturated rings. The maximum Gasteiger partial charge on any atom is 0.129 e. The van der Waals surface area contributed by atoms with Gasteiger partial charge >= 0.3 is 0 Å². The smallest absolute Gasteiger partial charge is 0.129 e. The lowest BCUT2D eigenvalue weighted by Crippen LogP contribution is -2.62. The van der Waals surface area contributed by atoms with Gasteiger partial charge in [0.05, 0.1) is 30.4 Å². The topological polar surface area (TPSA) is 72.6 Å². The fourth-order valence-electron chi connectivity index (χ4n) is 3.81. The first-order valence-electron chi connectivity index (χ1n) is 8.61. The molecule has 130 valence electrons. The van der Waals surface area contributed by atoms with Crippen molar-refractivity contribution in [2.45, 2.75) is 31.5 Å². The third-order valence-corrected chi connectivity index (χ3v) is 5.49. The molecule has 1 saturated carbocycles. The van der Waals surface area contributed by atoms with Crippen molar-refractivity contribution in [3.05, 3.63) is 23.9 Å². The summed E-state index contributed by atoms with van der Waals surface area (Å²) in [7, 11) is 4.07. The summed E-state index contributed by atoms with van der Waals surface area (Å²) in [6.07, 6.45) is 4.13. The van der Waals surface area contributed by atoms with E-state index in [1.165, 1.54) is 0 Å². The van der Waals surface area contributed by atoms with Crippen LogP contribution in [0.15, 0.2) is 18.3 Å². The molecule has 2 aliphatic rings. The van der Waals surface area contributed by atoms with E-state index in [1.807, 2.05) is 20.2 Å². The highest BCUT2D eigenvalue weighted by atomic mass is 16.5. The molecule has 1 N–H and O–H groups in total. The minimum absolute atomic E-state index is 0.102. The fraction of sp³-hybridized carbons (Fsp3) is 0.667.